The molecule has 2 N–H and O–H groups in total. The maximum Gasteiger partial charge on any atom is 0.0193 e. The zero-order chi connectivity index (χ0) is 11.5. The van der Waals surface area contributed by atoms with E-state index in [9.17, 15) is 0 Å². The molecule has 2 heteroatoms. The van der Waals surface area contributed by atoms with E-state index in [-0.39, 0.29) is 0 Å². The van der Waals surface area contributed by atoms with Crippen molar-refractivity contribution >= 4 is 0 Å². The second-order valence-electron chi connectivity index (χ2n) is 6.56. The summed E-state index contributed by atoms with van der Waals surface area (Å²) in [5, 5.41) is 7.15. The van der Waals surface area contributed by atoms with E-state index in [1.54, 1.807) is 0 Å². The molecule has 1 aliphatic rings. The lowest BCUT2D eigenvalue weighted by Gasteiger charge is -2.40. The van der Waals surface area contributed by atoms with E-state index in [0.717, 1.165) is 13.1 Å². The van der Waals surface area contributed by atoms with Crippen LogP contribution in [0.15, 0.2) is 0 Å². The molecule has 0 aromatic rings. The Hall–Kier alpha value is -0.0800. The van der Waals surface area contributed by atoms with Gasteiger partial charge in [0.1, 0.15) is 0 Å². The minimum atomic E-state index is 0.352. The fraction of sp³-hybridized carbons (Fsp3) is 1.00. The highest BCUT2D eigenvalue weighted by molar-refractivity contribution is 4.86. The van der Waals surface area contributed by atoms with Crippen LogP contribution in [0.2, 0.25) is 0 Å². The van der Waals surface area contributed by atoms with Crippen molar-refractivity contribution in [2.24, 2.45) is 10.8 Å². The zero-order valence-corrected chi connectivity index (χ0v) is 11.1. The molecule has 0 bridgehead atoms. The first-order valence-electron chi connectivity index (χ1n) is 6.27. The number of nitrogens with one attached hydrogen (secondary N) is 2. The first kappa shape index (κ1) is 13.0. The Kier molecular flexibility index (Phi) is 4.19. The molecule has 0 radical (unpaired) electrons. The molecule has 1 rings (SSSR count). The minimum absolute atomic E-state index is 0.352. The predicted octanol–water partition coefficient (Wildman–Crippen LogP) is 2.40. The van der Waals surface area contributed by atoms with Crippen LogP contribution >= 0.6 is 0 Å². The average Bonchev–Trinajstić information content (AvgIpc) is 2.15. The summed E-state index contributed by atoms with van der Waals surface area (Å²) in [6.07, 6.45) is 2.64. The fourth-order valence-electron chi connectivity index (χ4n) is 1.69. The van der Waals surface area contributed by atoms with Gasteiger partial charge >= 0.3 is 0 Å². The molecular formula is C13H28N2. The number of hydrogen-bond donors (Lipinski definition) is 2. The molecule has 0 amide bonds. The van der Waals surface area contributed by atoms with Gasteiger partial charge in [-0.2, -0.15) is 0 Å². The van der Waals surface area contributed by atoms with Crippen molar-refractivity contribution in [2.75, 3.05) is 19.6 Å². The van der Waals surface area contributed by atoms with Gasteiger partial charge in [0.05, 0.1) is 0 Å². The monoisotopic (exact) mass is 212 g/mol. The topological polar surface area (TPSA) is 24.1 Å². The van der Waals surface area contributed by atoms with Crippen LogP contribution in [-0.2, 0) is 0 Å². The molecule has 2 nitrogen and oxygen atoms in total. The van der Waals surface area contributed by atoms with Gasteiger partial charge in [-0.05, 0) is 30.2 Å². The largest absolute Gasteiger partial charge is 0.315 e. The van der Waals surface area contributed by atoms with Crippen LogP contribution < -0.4 is 10.6 Å². The fourth-order valence-corrected chi connectivity index (χ4v) is 1.69. The molecule has 0 aromatic carbocycles. The van der Waals surface area contributed by atoms with E-state index >= 15 is 0 Å². The van der Waals surface area contributed by atoms with Crippen molar-refractivity contribution in [3.8, 4) is 0 Å². The molecule has 1 unspecified atom stereocenters. The molecule has 0 aromatic heterocycles. The van der Waals surface area contributed by atoms with Crippen LogP contribution in [0.3, 0.4) is 0 Å². The predicted molar refractivity (Wildman–Crippen MR) is 67.1 cm³/mol. The van der Waals surface area contributed by atoms with Crippen molar-refractivity contribution in [3.63, 3.8) is 0 Å². The molecule has 0 aliphatic carbocycles. The van der Waals surface area contributed by atoms with Gasteiger partial charge in [-0.25, -0.2) is 0 Å². The SMILES string of the molecule is CC(C)(C)C(C)(C)CNC1CCCNC1. The Morgan fingerprint density at radius 3 is 2.33 bits per heavy atom. The molecule has 1 heterocycles. The average molecular weight is 212 g/mol. The molecule has 0 saturated carbocycles. The molecule has 90 valence electrons. The molecule has 15 heavy (non-hydrogen) atoms. The van der Waals surface area contributed by atoms with Crippen molar-refractivity contribution < 1.29 is 0 Å². The lowest BCUT2D eigenvalue weighted by molar-refractivity contribution is 0.122. The Morgan fingerprint density at radius 1 is 1.20 bits per heavy atom. The number of piperidine rings is 1. The highest BCUT2D eigenvalue weighted by atomic mass is 15.0. The summed E-state index contributed by atoms with van der Waals surface area (Å²) < 4.78 is 0. The molecule has 0 spiro atoms. The van der Waals surface area contributed by atoms with Crippen LogP contribution in [0, 0.1) is 10.8 Å². The van der Waals surface area contributed by atoms with E-state index in [4.69, 9.17) is 0 Å². The highest BCUT2D eigenvalue weighted by Gasteiger charge is 2.32. The van der Waals surface area contributed by atoms with E-state index in [2.05, 4.69) is 45.3 Å². The summed E-state index contributed by atoms with van der Waals surface area (Å²) >= 11 is 0. The van der Waals surface area contributed by atoms with Crippen LogP contribution in [-0.4, -0.2) is 25.7 Å². The van der Waals surface area contributed by atoms with Gasteiger partial charge in [0.15, 0.2) is 0 Å². The third kappa shape index (κ3) is 3.76. The molecule has 1 fully saturated rings. The van der Waals surface area contributed by atoms with E-state index < -0.39 is 0 Å². The lowest BCUT2D eigenvalue weighted by Crippen LogP contribution is -2.48. The van der Waals surface area contributed by atoms with Gasteiger partial charge < -0.3 is 10.6 Å². The first-order chi connectivity index (χ1) is 6.83. The van der Waals surface area contributed by atoms with Crippen LogP contribution in [0.1, 0.15) is 47.5 Å². The van der Waals surface area contributed by atoms with Gasteiger partial charge in [0.2, 0.25) is 0 Å². The smallest absolute Gasteiger partial charge is 0.0193 e. The van der Waals surface area contributed by atoms with Gasteiger partial charge in [-0.15, -0.1) is 0 Å². The quantitative estimate of drug-likeness (QED) is 0.750. The molecule has 1 atom stereocenters. The van der Waals surface area contributed by atoms with E-state index in [0.29, 0.717) is 16.9 Å². The molecule has 1 aliphatic heterocycles. The first-order valence-corrected chi connectivity index (χ1v) is 6.27. The normalized spacial score (nSPS) is 24.2. The maximum atomic E-state index is 3.71. The Balaban J connectivity index is 2.35. The van der Waals surface area contributed by atoms with Crippen LogP contribution in [0.25, 0.3) is 0 Å². The summed E-state index contributed by atoms with van der Waals surface area (Å²) in [4.78, 5) is 0. The van der Waals surface area contributed by atoms with E-state index in [1.165, 1.54) is 19.4 Å². The second kappa shape index (κ2) is 4.84. The Morgan fingerprint density at radius 2 is 1.87 bits per heavy atom. The van der Waals surface area contributed by atoms with E-state index in [1.807, 2.05) is 0 Å². The maximum absolute atomic E-state index is 3.71. The van der Waals surface area contributed by atoms with Crippen molar-refractivity contribution in [3.05, 3.63) is 0 Å². The summed E-state index contributed by atoms with van der Waals surface area (Å²) in [5.41, 5.74) is 0.715. The summed E-state index contributed by atoms with van der Waals surface area (Å²) in [6, 6.07) is 0.681. The summed E-state index contributed by atoms with van der Waals surface area (Å²) in [5.74, 6) is 0. The van der Waals surface area contributed by atoms with Gasteiger partial charge in [-0.3, -0.25) is 0 Å². The van der Waals surface area contributed by atoms with Crippen LogP contribution in [0.5, 0.6) is 0 Å². The highest BCUT2D eigenvalue weighted by Crippen LogP contribution is 2.37. The van der Waals surface area contributed by atoms with Gasteiger partial charge in [0.25, 0.3) is 0 Å². The van der Waals surface area contributed by atoms with Crippen LogP contribution in [0.4, 0.5) is 0 Å². The van der Waals surface area contributed by atoms with Crippen molar-refractivity contribution in [1.82, 2.24) is 10.6 Å². The Bertz CT molecular complexity index is 185. The minimum Gasteiger partial charge on any atom is -0.315 e. The second-order valence-corrected chi connectivity index (χ2v) is 6.56. The summed E-state index contributed by atoms with van der Waals surface area (Å²) in [7, 11) is 0. The number of hydrogen-bond acceptors (Lipinski definition) is 2. The lowest BCUT2D eigenvalue weighted by atomic mass is 9.69. The third-order valence-corrected chi connectivity index (χ3v) is 4.16. The third-order valence-electron chi connectivity index (χ3n) is 4.16. The zero-order valence-electron chi connectivity index (χ0n) is 11.1. The Labute approximate surface area is 95.2 Å². The van der Waals surface area contributed by atoms with Crippen molar-refractivity contribution in [2.45, 2.75) is 53.5 Å². The standard InChI is InChI=1S/C13H28N2/c1-12(2,3)13(4,5)10-15-11-7-6-8-14-9-11/h11,14-15H,6-10H2,1-5H3. The van der Waals surface area contributed by atoms with Gasteiger partial charge in [0, 0.05) is 19.1 Å². The summed E-state index contributed by atoms with van der Waals surface area (Å²) in [6.45, 7) is 15.1. The molecular weight excluding hydrogens is 184 g/mol. The molecule has 1 saturated heterocycles. The van der Waals surface area contributed by atoms with Crippen molar-refractivity contribution in [1.29, 1.82) is 0 Å². The number of rotatable bonds is 3. The van der Waals surface area contributed by atoms with Gasteiger partial charge in [-0.1, -0.05) is 34.6 Å².